The first-order valence-corrected chi connectivity index (χ1v) is 10.3. The third-order valence-corrected chi connectivity index (χ3v) is 6.30. The Balaban J connectivity index is 1.68. The monoisotopic (exact) mass is 411 g/mol. The smallest absolute Gasteiger partial charge is 0.416 e. The summed E-state index contributed by atoms with van der Waals surface area (Å²) in [5.74, 6) is 1.49. The molecule has 9 heteroatoms. The van der Waals surface area contributed by atoms with Gasteiger partial charge >= 0.3 is 6.18 Å². The van der Waals surface area contributed by atoms with Crippen LogP contribution < -0.4 is 5.32 Å². The van der Waals surface area contributed by atoms with Gasteiger partial charge in [-0.15, -0.1) is 10.2 Å². The number of phenolic OH excluding ortho intramolecular Hbond substituents is 1. The number of nitrogens with zero attached hydrogens (tertiary/aromatic N) is 2. The van der Waals surface area contributed by atoms with Gasteiger partial charge in [0.25, 0.3) is 0 Å². The predicted octanol–water partition coefficient (Wildman–Crippen LogP) is 4.33. The number of hydrogen-bond acceptors (Lipinski definition) is 6. The van der Waals surface area contributed by atoms with E-state index in [1.165, 1.54) is 6.07 Å². The Morgan fingerprint density at radius 1 is 1.07 bits per heavy atom. The number of thioether (sulfide) groups is 1. The molecule has 4 rings (SSSR count). The molecule has 1 aliphatic carbocycles. The van der Waals surface area contributed by atoms with Gasteiger partial charge in [0.2, 0.25) is 0 Å². The van der Waals surface area contributed by atoms with Gasteiger partial charge in [0.05, 0.1) is 17.7 Å². The molecule has 1 aromatic carbocycles. The predicted molar refractivity (Wildman–Crippen MR) is 101 cm³/mol. The second-order valence-corrected chi connectivity index (χ2v) is 8.17. The number of aromatic hydroxyl groups is 1. The number of nitrogens with one attached hydrogen (secondary N) is 1. The van der Waals surface area contributed by atoms with E-state index in [2.05, 4.69) is 15.5 Å². The van der Waals surface area contributed by atoms with Gasteiger partial charge in [0.15, 0.2) is 5.82 Å². The molecule has 150 valence electrons. The normalized spacial score (nSPS) is 22.1. The number of aliphatic hydroxyl groups is 1. The molecular formula is C19H20F3N3O2S. The first-order chi connectivity index (χ1) is 13.3. The van der Waals surface area contributed by atoms with Crippen molar-refractivity contribution in [1.82, 2.24) is 10.2 Å². The van der Waals surface area contributed by atoms with Gasteiger partial charge in [0.1, 0.15) is 11.4 Å². The molecule has 28 heavy (non-hydrogen) atoms. The van der Waals surface area contributed by atoms with E-state index in [4.69, 9.17) is 0 Å². The molecule has 0 amide bonds. The fourth-order valence-corrected chi connectivity index (χ4v) is 4.90. The highest BCUT2D eigenvalue weighted by Crippen LogP contribution is 2.42. The van der Waals surface area contributed by atoms with Crippen LogP contribution in [0.25, 0.3) is 11.3 Å². The lowest BCUT2D eigenvalue weighted by molar-refractivity contribution is -0.137. The van der Waals surface area contributed by atoms with E-state index in [9.17, 15) is 23.4 Å². The van der Waals surface area contributed by atoms with Crippen molar-refractivity contribution in [3.05, 3.63) is 34.9 Å². The molecule has 2 aromatic rings. The van der Waals surface area contributed by atoms with Crippen LogP contribution in [0.5, 0.6) is 5.75 Å². The summed E-state index contributed by atoms with van der Waals surface area (Å²) in [5, 5.41) is 32.1. The van der Waals surface area contributed by atoms with Crippen molar-refractivity contribution in [2.24, 2.45) is 0 Å². The zero-order valence-electron chi connectivity index (χ0n) is 15.0. The van der Waals surface area contributed by atoms with Gasteiger partial charge in [0, 0.05) is 22.6 Å². The van der Waals surface area contributed by atoms with Gasteiger partial charge in [-0.05, 0) is 36.6 Å². The largest absolute Gasteiger partial charge is 0.507 e. The van der Waals surface area contributed by atoms with Crippen LogP contribution >= 0.6 is 11.8 Å². The summed E-state index contributed by atoms with van der Waals surface area (Å²) in [6.07, 6.45) is -1.31. The minimum Gasteiger partial charge on any atom is -0.507 e. The van der Waals surface area contributed by atoms with Crippen molar-refractivity contribution in [1.29, 1.82) is 0 Å². The number of anilines is 1. The molecule has 3 N–H and O–H groups in total. The third-order valence-electron chi connectivity index (χ3n) is 5.31. The van der Waals surface area contributed by atoms with Crippen LogP contribution in [0.4, 0.5) is 19.0 Å². The summed E-state index contributed by atoms with van der Waals surface area (Å²) in [6.45, 7) is 0. The Hall–Kier alpha value is -2.00. The lowest BCUT2D eigenvalue weighted by atomic mass is 9.92. The summed E-state index contributed by atoms with van der Waals surface area (Å²) in [7, 11) is 0. The number of aliphatic hydroxyl groups excluding tert-OH is 1. The minimum absolute atomic E-state index is 0.0805. The zero-order chi connectivity index (χ0) is 19.9. The van der Waals surface area contributed by atoms with Crippen molar-refractivity contribution in [3.63, 3.8) is 0 Å². The number of halogens is 3. The molecule has 2 heterocycles. The number of rotatable bonds is 3. The van der Waals surface area contributed by atoms with Crippen LogP contribution in [-0.4, -0.2) is 32.6 Å². The van der Waals surface area contributed by atoms with Crippen LogP contribution in [0, 0.1) is 0 Å². The highest BCUT2D eigenvalue weighted by Gasteiger charge is 2.32. The summed E-state index contributed by atoms with van der Waals surface area (Å²) >= 11 is 1.66. The van der Waals surface area contributed by atoms with E-state index in [-0.39, 0.29) is 11.6 Å². The third kappa shape index (κ3) is 3.65. The SMILES string of the molecule is Oc1cc(C(F)(F)F)ccc1-c1nnc(N[C@@H]2CCCC[C@H]2O)c2c1CSC2. The lowest BCUT2D eigenvalue weighted by Crippen LogP contribution is -2.37. The molecule has 1 aliphatic heterocycles. The van der Waals surface area contributed by atoms with Crippen LogP contribution in [0.3, 0.4) is 0 Å². The van der Waals surface area contributed by atoms with Gasteiger partial charge in [-0.3, -0.25) is 0 Å². The second kappa shape index (κ2) is 7.44. The lowest BCUT2D eigenvalue weighted by Gasteiger charge is -2.29. The molecule has 1 fully saturated rings. The quantitative estimate of drug-likeness (QED) is 0.698. The molecule has 5 nitrogen and oxygen atoms in total. The molecule has 0 radical (unpaired) electrons. The molecule has 0 saturated heterocycles. The van der Waals surface area contributed by atoms with Crippen molar-refractivity contribution in [3.8, 4) is 17.0 Å². The second-order valence-electron chi connectivity index (χ2n) is 7.18. The maximum atomic E-state index is 12.9. The molecule has 0 unspecified atom stereocenters. The van der Waals surface area contributed by atoms with Crippen molar-refractivity contribution < 1.29 is 23.4 Å². The van der Waals surface area contributed by atoms with Gasteiger partial charge in [-0.2, -0.15) is 24.9 Å². The first kappa shape index (κ1) is 19.3. The summed E-state index contributed by atoms with van der Waals surface area (Å²) < 4.78 is 38.6. The van der Waals surface area contributed by atoms with Gasteiger partial charge in [-0.1, -0.05) is 12.8 Å². The highest BCUT2D eigenvalue weighted by atomic mass is 32.2. The Bertz CT molecular complexity index is 891. The van der Waals surface area contributed by atoms with Crippen molar-refractivity contribution >= 4 is 17.6 Å². The molecule has 1 aromatic heterocycles. The summed E-state index contributed by atoms with van der Waals surface area (Å²) in [6, 6.07) is 2.82. The molecule has 2 atom stereocenters. The van der Waals surface area contributed by atoms with Crippen molar-refractivity contribution in [2.45, 2.75) is 55.5 Å². The Kier molecular flexibility index (Phi) is 5.13. The topological polar surface area (TPSA) is 78.3 Å². The van der Waals surface area contributed by atoms with Crippen LogP contribution in [0.1, 0.15) is 42.4 Å². The fourth-order valence-electron chi connectivity index (χ4n) is 3.77. The standard InChI is InChI=1S/C19H20F3N3O2S/c20-19(21,22)10-5-6-11(16(27)7-10)17-12-8-28-9-13(12)18(25-24-17)23-14-3-1-2-4-15(14)26/h5-7,14-15,26-27H,1-4,8-9H2,(H,23,25)/t14-,15-/m1/s1. The molecular weight excluding hydrogens is 391 g/mol. The maximum absolute atomic E-state index is 12.9. The van der Waals surface area contributed by atoms with E-state index in [1.54, 1.807) is 11.8 Å². The maximum Gasteiger partial charge on any atom is 0.416 e. The minimum atomic E-state index is -4.52. The molecule has 1 saturated carbocycles. The average molecular weight is 411 g/mol. The van der Waals surface area contributed by atoms with Crippen LogP contribution in [-0.2, 0) is 17.7 Å². The number of phenols is 1. The van der Waals surface area contributed by atoms with Gasteiger partial charge in [-0.25, -0.2) is 0 Å². The van der Waals surface area contributed by atoms with Crippen LogP contribution in [0.15, 0.2) is 18.2 Å². The molecule has 0 bridgehead atoms. The van der Waals surface area contributed by atoms with Crippen LogP contribution in [0.2, 0.25) is 0 Å². The van der Waals surface area contributed by atoms with Crippen molar-refractivity contribution in [2.75, 3.05) is 5.32 Å². The summed E-state index contributed by atoms with van der Waals surface area (Å²) in [5.41, 5.74) is 1.54. The van der Waals surface area contributed by atoms with E-state index < -0.39 is 23.6 Å². The number of benzene rings is 1. The Labute approximate surface area is 164 Å². The number of hydrogen-bond donors (Lipinski definition) is 3. The Morgan fingerprint density at radius 2 is 1.82 bits per heavy atom. The Morgan fingerprint density at radius 3 is 2.54 bits per heavy atom. The molecule has 0 spiro atoms. The fraction of sp³-hybridized carbons (Fsp3) is 0.474. The number of fused-ring (bicyclic) bond motifs is 1. The summed E-state index contributed by atoms with van der Waals surface area (Å²) in [4.78, 5) is 0. The number of alkyl halides is 3. The van der Waals surface area contributed by atoms with E-state index in [0.717, 1.165) is 48.9 Å². The van der Waals surface area contributed by atoms with E-state index in [1.807, 2.05) is 0 Å². The average Bonchev–Trinajstić information content (AvgIpc) is 3.13. The van der Waals surface area contributed by atoms with E-state index >= 15 is 0 Å². The first-order valence-electron chi connectivity index (χ1n) is 9.16. The zero-order valence-corrected chi connectivity index (χ0v) is 15.8. The van der Waals surface area contributed by atoms with Gasteiger partial charge < -0.3 is 15.5 Å². The highest BCUT2D eigenvalue weighted by molar-refractivity contribution is 7.98. The molecule has 2 aliphatic rings. The number of aromatic nitrogens is 2. The van der Waals surface area contributed by atoms with E-state index in [0.29, 0.717) is 23.0 Å².